The van der Waals surface area contributed by atoms with Crippen LogP contribution < -0.4 is 37.2 Å². The van der Waals surface area contributed by atoms with Crippen molar-refractivity contribution in [3.8, 4) is 0 Å². The number of aliphatic hydroxyl groups excluding tert-OH is 1. The summed E-state index contributed by atoms with van der Waals surface area (Å²) in [5.74, 6) is -3.53. The monoisotopic (exact) mass is 1150 g/mol. The lowest BCUT2D eigenvalue weighted by Crippen LogP contribution is -2.69. The van der Waals surface area contributed by atoms with Gasteiger partial charge in [0.1, 0.15) is 28.4 Å². The fourth-order valence-corrected chi connectivity index (χ4v) is 13.9. The molecule has 430 valence electrons. The molecule has 9 rings (SSSR count). The Morgan fingerprint density at radius 2 is 1.22 bits per heavy atom. The number of halogens is 1. The van der Waals surface area contributed by atoms with Gasteiger partial charge in [-0.25, -0.2) is 9.37 Å². The highest BCUT2D eigenvalue weighted by Gasteiger charge is 2.75. The summed E-state index contributed by atoms with van der Waals surface area (Å²) in [7, 11) is 8.31. The topological polar surface area (TPSA) is 282 Å². The van der Waals surface area contributed by atoms with E-state index in [0.717, 1.165) is 0 Å². The molecule has 5 heterocycles. The molecule has 5 aromatic rings. The number of nitrogens with one attached hydrogen (secondary N) is 7. The molecule has 0 saturated heterocycles. The Balaban J connectivity index is 0.686. The van der Waals surface area contributed by atoms with Gasteiger partial charge in [0.25, 0.3) is 29.5 Å². The Bertz CT molecular complexity index is 3440. The average molecular weight is 1150 g/mol. The first-order valence-corrected chi connectivity index (χ1v) is 28.2. The fourth-order valence-electron chi connectivity index (χ4n) is 12.9. The van der Waals surface area contributed by atoms with Crippen LogP contribution >= 0.6 is 24.0 Å². The number of thiocarbonyl (C=S) groups is 1. The Morgan fingerprint density at radius 3 is 1.74 bits per heavy atom. The number of amides is 5. The Labute approximate surface area is 476 Å². The van der Waals surface area contributed by atoms with Crippen molar-refractivity contribution in [2.24, 2.45) is 63.8 Å². The summed E-state index contributed by atoms with van der Waals surface area (Å²) in [5.41, 5.74) is -2.93. The van der Waals surface area contributed by atoms with Crippen LogP contribution in [0.1, 0.15) is 99.0 Å². The molecule has 0 bridgehead atoms. The molecule has 8 atom stereocenters. The predicted octanol–water partition coefficient (Wildman–Crippen LogP) is 4.63. The molecule has 0 aromatic carbocycles. The molecule has 0 aliphatic heterocycles. The van der Waals surface area contributed by atoms with E-state index in [-0.39, 0.29) is 64.8 Å². The van der Waals surface area contributed by atoms with Crippen molar-refractivity contribution in [1.82, 2.24) is 43.8 Å². The molecule has 4 aliphatic carbocycles. The number of imidazole rings is 1. The van der Waals surface area contributed by atoms with E-state index >= 15 is 4.39 Å². The first kappa shape index (κ1) is 58.1. The number of Topliss-reactive ketones (excluding diaryl/α,β-unsaturated/α-hetero) is 1. The number of hydrogen-bond donors (Lipinski definition) is 9. The van der Waals surface area contributed by atoms with Crippen LogP contribution in [0.25, 0.3) is 0 Å². The fraction of sp³-hybridized carbons (Fsp3) is 0.446. The minimum atomic E-state index is -2.05. The zero-order valence-electron chi connectivity index (χ0n) is 46.3. The number of nitrogens with zero attached hydrogens (tertiary/aromatic N) is 6. The Kier molecular flexibility index (Phi) is 16.0. The number of allylic oxidation sites excluding steroid dienone is 4. The molecule has 25 heteroatoms. The summed E-state index contributed by atoms with van der Waals surface area (Å²) in [6.45, 7) is 6.33. The van der Waals surface area contributed by atoms with E-state index in [1.807, 2.05) is 13.8 Å². The summed E-state index contributed by atoms with van der Waals surface area (Å²) >= 11 is 6.78. The highest BCUT2D eigenvalue weighted by molar-refractivity contribution is 8.00. The summed E-state index contributed by atoms with van der Waals surface area (Å²) in [6.07, 6.45) is 13.8. The third-order valence-corrected chi connectivity index (χ3v) is 18.4. The van der Waals surface area contributed by atoms with Gasteiger partial charge in [0.05, 0.1) is 34.6 Å². The number of fused-ring (bicyclic) bond motifs is 5. The Morgan fingerprint density at radius 1 is 0.728 bits per heavy atom. The van der Waals surface area contributed by atoms with Gasteiger partial charge in [0, 0.05) is 115 Å². The molecule has 3 saturated carbocycles. The normalized spacial score (nSPS) is 25.4. The second-order valence-electron chi connectivity index (χ2n) is 22.2. The molecule has 4 aliphatic rings. The molecule has 81 heavy (non-hydrogen) atoms. The molecule has 5 amide bonds. The molecule has 3 fully saturated rings. The molecular weight excluding hydrogens is 1080 g/mol. The first-order valence-electron chi connectivity index (χ1n) is 26.6. The van der Waals surface area contributed by atoms with Gasteiger partial charge in [-0.1, -0.05) is 25.5 Å². The van der Waals surface area contributed by atoms with E-state index in [4.69, 9.17) is 12.2 Å². The highest BCUT2D eigenvalue weighted by Crippen LogP contribution is 2.70. The lowest BCUT2D eigenvalue weighted by Gasteiger charge is -2.62. The van der Waals surface area contributed by atoms with E-state index in [1.165, 1.54) is 54.4 Å². The van der Waals surface area contributed by atoms with E-state index in [0.29, 0.717) is 71.5 Å². The molecular formula is C56H68FN13O9S2. The van der Waals surface area contributed by atoms with E-state index < -0.39 is 69.6 Å². The number of thioether (sulfide) groups is 1. The van der Waals surface area contributed by atoms with E-state index in [9.17, 15) is 43.8 Å². The second kappa shape index (κ2) is 22.4. The van der Waals surface area contributed by atoms with Crippen LogP contribution in [0.4, 0.5) is 27.1 Å². The number of aryl methyl sites for hydroxylation is 5. The van der Waals surface area contributed by atoms with Crippen molar-refractivity contribution in [3.05, 3.63) is 114 Å². The summed E-state index contributed by atoms with van der Waals surface area (Å²) in [5, 5.41) is 44.4. The largest absolute Gasteiger partial charge is 0.390 e. The van der Waals surface area contributed by atoms with Gasteiger partial charge in [0.15, 0.2) is 28.2 Å². The minimum Gasteiger partial charge on any atom is -0.390 e. The Hall–Kier alpha value is -7.61. The summed E-state index contributed by atoms with van der Waals surface area (Å²) in [6, 6.07) is 6.07. The SMILES string of the molecule is C[C@@H]1C[C@H]2[C@@H]3CCC4=CC(=O)C=C[C@]4(C)[C@@]3(F)[C@@H](O)C[C@]2(C)[C@@]1(O)C(=O)CSCCNC(=S)NCCNC(=O)c1cc(NC(=O)c2cc(NC(=O)c3cc(NC(=O)c4cc(NC(=O)c5nccn5C)cn4C)cn3C)cn2C)cn1C. The van der Waals surface area contributed by atoms with Crippen LogP contribution in [0.2, 0.25) is 0 Å². The third-order valence-electron chi connectivity index (χ3n) is 17.1. The molecule has 0 spiro atoms. The maximum absolute atomic E-state index is 17.6. The second-order valence-corrected chi connectivity index (χ2v) is 23.7. The number of rotatable bonds is 18. The minimum absolute atomic E-state index is 0.0204. The first-order chi connectivity index (χ1) is 38.3. The number of aromatic nitrogens is 6. The highest BCUT2D eigenvalue weighted by atomic mass is 32.2. The predicted molar refractivity (Wildman–Crippen MR) is 308 cm³/mol. The third kappa shape index (κ3) is 10.7. The number of anilines is 4. The number of alkyl halides is 1. The van der Waals surface area contributed by atoms with E-state index in [2.05, 4.69) is 42.2 Å². The number of aliphatic hydroxyl groups is 2. The van der Waals surface area contributed by atoms with Crippen LogP contribution in [-0.2, 0) is 44.8 Å². The van der Waals surface area contributed by atoms with Crippen LogP contribution in [0.5, 0.6) is 0 Å². The molecule has 0 radical (unpaired) electrons. The van der Waals surface area contributed by atoms with Gasteiger partial charge in [-0.3, -0.25) is 33.6 Å². The molecule has 9 N–H and O–H groups in total. The van der Waals surface area contributed by atoms with Crippen LogP contribution in [0.3, 0.4) is 0 Å². The average Bonchev–Trinajstić information content (AvgIpc) is 4.39. The van der Waals surface area contributed by atoms with Crippen LogP contribution in [0.15, 0.2) is 85.2 Å². The van der Waals surface area contributed by atoms with Crippen molar-refractivity contribution in [2.45, 2.75) is 63.8 Å². The molecule has 5 aromatic heterocycles. The van der Waals surface area contributed by atoms with Crippen LogP contribution in [-0.4, -0.2) is 133 Å². The van der Waals surface area contributed by atoms with Crippen molar-refractivity contribution in [3.63, 3.8) is 0 Å². The lowest BCUT2D eigenvalue weighted by atomic mass is 9.44. The van der Waals surface area contributed by atoms with Crippen molar-refractivity contribution in [1.29, 1.82) is 0 Å². The van der Waals surface area contributed by atoms with Gasteiger partial charge in [-0.2, -0.15) is 11.8 Å². The standard InChI is InChI=1S/C56H68FN13O9S2/c1-31-19-39-38-10-9-32-20-37(71)11-12-53(32,2)55(38,57)44(72)25-54(39,3)56(31,79)45(73)30-81-18-16-61-52(80)60-14-13-59-47(74)40-21-33(26-67(40)5)62-48(75)41-22-34(27-68(41)6)63-49(76)42-23-35(28-69(42)7)64-50(77)43-24-36(29-70(43)8)65-51(78)46-58-15-17-66(46)4/h11-12,15,17,20-24,26-29,31,38-39,44,72,79H,9-10,13-14,16,18-19,25,30H2,1-8H3,(H,59,74)(H,62,75)(H,63,76)(H,64,77)(H,65,78)(H2,60,61,80)/t31-,38+,39+,44+,53+,54+,55+,56+/m1/s1. The van der Waals surface area contributed by atoms with Gasteiger partial charge < -0.3 is 70.3 Å². The number of carbonyl (C=O) groups is 7. The van der Waals surface area contributed by atoms with Gasteiger partial charge >= 0.3 is 0 Å². The number of ketones is 2. The maximum Gasteiger partial charge on any atom is 0.291 e. The zero-order chi connectivity index (χ0) is 58.5. The van der Waals surface area contributed by atoms with Crippen LogP contribution in [0, 0.1) is 28.6 Å². The summed E-state index contributed by atoms with van der Waals surface area (Å²) < 4.78 is 25.3. The van der Waals surface area contributed by atoms with Crippen molar-refractivity contribution in [2.75, 3.05) is 52.4 Å². The van der Waals surface area contributed by atoms with E-state index in [1.54, 1.807) is 102 Å². The zero-order valence-corrected chi connectivity index (χ0v) is 47.9. The molecule has 22 nitrogen and oxygen atoms in total. The number of hydrogen-bond acceptors (Lipinski definition) is 12. The van der Waals surface area contributed by atoms with Gasteiger partial charge in [-0.05, 0) is 93.1 Å². The van der Waals surface area contributed by atoms with Gasteiger partial charge in [-0.15, -0.1) is 0 Å². The number of carbonyl (C=O) groups excluding carboxylic acids is 7. The van der Waals surface area contributed by atoms with Crippen molar-refractivity contribution < 1.29 is 48.2 Å². The van der Waals surface area contributed by atoms with Crippen molar-refractivity contribution >= 4 is 92.9 Å². The quantitative estimate of drug-likeness (QED) is 0.0428. The molecule has 0 unspecified atom stereocenters. The lowest BCUT2D eigenvalue weighted by molar-refractivity contribution is -0.218. The van der Waals surface area contributed by atoms with Gasteiger partial charge in [0.2, 0.25) is 0 Å². The smallest absolute Gasteiger partial charge is 0.291 e. The summed E-state index contributed by atoms with van der Waals surface area (Å²) in [4.78, 5) is 96.3. The maximum atomic E-state index is 17.6.